The molecule has 1 amide bonds. The average molecular weight is 446 g/mol. The van der Waals surface area contributed by atoms with Crippen LogP contribution in [0.25, 0.3) is 0 Å². The lowest BCUT2D eigenvalue weighted by atomic mass is 9.94. The summed E-state index contributed by atoms with van der Waals surface area (Å²) in [4.78, 5) is 15.2. The van der Waals surface area contributed by atoms with Gasteiger partial charge in [0.1, 0.15) is 0 Å². The maximum absolute atomic E-state index is 12.7. The van der Waals surface area contributed by atoms with E-state index in [1.165, 1.54) is 30.4 Å². The highest BCUT2D eigenvalue weighted by atomic mass is 32.2. The van der Waals surface area contributed by atoms with Crippen LogP contribution in [-0.4, -0.2) is 58.1 Å². The molecule has 2 N–H and O–H groups in total. The Labute approximate surface area is 184 Å². The van der Waals surface area contributed by atoms with Gasteiger partial charge >= 0.3 is 0 Å². The van der Waals surface area contributed by atoms with Crippen molar-refractivity contribution in [1.82, 2.24) is 14.9 Å². The Morgan fingerprint density at radius 3 is 2.61 bits per heavy atom. The van der Waals surface area contributed by atoms with Gasteiger partial charge < -0.3 is 10.1 Å². The third-order valence-corrected chi connectivity index (χ3v) is 7.13. The third kappa shape index (κ3) is 5.92. The molecule has 3 rings (SSSR count). The van der Waals surface area contributed by atoms with E-state index >= 15 is 0 Å². The minimum atomic E-state index is -3.70. The molecule has 7 nitrogen and oxygen atoms in total. The van der Waals surface area contributed by atoms with Gasteiger partial charge in [-0.2, -0.15) is 0 Å². The minimum absolute atomic E-state index is 0.0585. The molecule has 0 unspecified atom stereocenters. The van der Waals surface area contributed by atoms with E-state index in [-0.39, 0.29) is 29.5 Å². The molecule has 0 saturated heterocycles. The van der Waals surface area contributed by atoms with Gasteiger partial charge in [-0.15, -0.1) is 0 Å². The van der Waals surface area contributed by atoms with Gasteiger partial charge in [0.15, 0.2) is 0 Å². The first-order valence-electron chi connectivity index (χ1n) is 10.4. The number of methoxy groups -OCH3 is 1. The topological polar surface area (TPSA) is 87.7 Å². The summed E-state index contributed by atoms with van der Waals surface area (Å²) in [6.45, 7) is 6.90. The summed E-state index contributed by atoms with van der Waals surface area (Å²) in [5, 5.41) is 2.98. The lowest BCUT2D eigenvalue weighted by Gasteiger charge is -2.41. The number of rotatable bonds is 9. The summed E-state index contributed by atoms with van der Waals surface area (Å²) in [6, 6.07) is 14.5. The number of carbonyl (C=O) groups excluding carboxylic acids is 1. The molecule has 168 valence electrons. The second-order valence-corrected chi connectivity index (χ2v) is 10.1. The molecule has 31 heavy (non-hydrogen) atoms. The summed E-state index contributed by atoms with van der Waals surface area (Å²) >= 11 is 0. The highest BCUT2D eigenvalue weighted by Crippen LogP contribution is 2.25. The quantitative estimate of drug-likeness (QED) is 0.578. The monoisotopic (exact) mass is 445 g/mol. The third-order valence-electron chi connectivity index (χ3n) is 5.67. The first-order chi connectivity index (χ1) is 14.7. The SMILES string of the molecule is COCCNS(=O)(=O)c1cccc(C(=O)NCC(C)(C)N2CCc3ccccc3C2)c1. The number of amides is 1. The van der Waals surface area contributed by atoms with E-state index in [9.17, 15) is 13.2 Å². The van der Waals surface area contributed by atoms with Crippen molar-refractivity contribution in [2.45, 2.75) is 37.2 Å². The molecule has 0 aliphatic carbocycles. The zero-order chi connectivity index (χ0) is 22.5. The van der Waals surface area contributed by atoms with E-state index in [2.05, 4.69) is 53.1 Å². The van der Waals surface area contributed by atoms with Crippen LogP contribution in [0.1, 0.15) is 35.3 Å². The number of fused-ring (bicyclic) bond motifs is 1. The number of carbonyl (C=O) groups is 1. The van der Waals surface area contributed by atoms with Gasteiger partial charge in [-0.25, -0.2) is 13.1 Å². The Morgan fingerprint density at radius 1 is 1.13 bits per heavy atom. The summed E-state index contributed by atoms with van der Waals surface area (Å²) in [7, 11) is -2.19. The van der Waals surface area contributed by atoms with E-state index in [1.54, 1.807) is 12.1 Å². The molecular formula is C23H31N3O4S. The molecule has 0 spiro atoms. The molecule has 0 aromatic heterocycles. The molecule has 8 heteroatoms. The van der Waals surface area contributed by atoms with Crippen LogP contribution in [0.3, 0.4) is 0 Å². The van der Waals surface area contributed by atoms with E-state index in [1.807, 2.05) is 0 Å². The fourth-order valence-corrected chi connectivity index (χ4v) is 4.75. The van der Waals surface area contributed by atoms with Gasteiger partial charge in [-0.1, -0.05) is 30.3 Å². The summed E-state index contributed by atoms with van der Waals surface area (Å²) in [5.74, 6) is -0.292. The smallest absolute Gasteiger partial charge is 0.251 e. The fraction of sp³-hybridized carbons (Fsp3) is 0.435. The molecule has 0 atom stereocenters. The number of ether oxygens (including phenoxy) is 1. The van der Waals surface area contributed by atoms with Crippen molar-refractivity contribution >= 4 is 15.9 Å². The zero-order valence-corrected chi connectivity index (χ0v) is 19.2. The molecule has 0 bridgehead atoms. The Kier molecular flexibility index (Phi) is 7.48. The second-order valence-electron chi connectivity index (χ2n) is 8.35. The Bertz CT molecular complexity index is 1020. The average Bonchev–Trinajstić information content (AvgIpc) is 2.77. The number of benzene rings is 2. The number of hydrogen-bond acceptors (Lipinski definition) is 5. The van der Waals surface area contributed by atoms with Gasteiger partial charge in [-0.3, -0.25) is 9.69 Å². The van der Waals surface area contributed by atoms with Crippen LogP contribution in [0, 0.1) is 0 Å². The Morgan fingerprint density at radius 2 is 1.87 bits per heavy atom. The predicted molar refractivity (Wildman–Crippen MR) is 120 cm³/mol. The Hall–Kier alpha value is -2.26. The number of nitrogens with one attached hydrogen (secondary N) is 2. The standard InChI is InChI=1S/C23H31N3O4S/c1-23(2,26-13-11-18-7-4-5-8-20(18)16-26)17-24-22(27)19-9-6-10-21(15-19)31(28,29)25-12-14-30-3/h4-10,15,25H,11-14,16-17H2,1-3H3,(H,24,27). The van der Waals surface area contributed by atoms with E-state index in [0.717, 1.165) is 19.5 Å². The minimum Gasteiger partial charge on any atom is -0.383 e. The fourth-order valence-electron chi connectivity index (χ4n) is 3.69. The molecule has 0 radical (unpaired) electrons. The van der Waals surface area contributed by atoms with E-state index in [0.29, 0.717) is 12.1 Å². The van der Waals surface area contributed by atoms with Crippen LogP contribution in [0.4, 0.5) is 0 Å². The lowest BCUT2D eigenvalue weighted by Crippen LogP contribution is -2.53. The lowest BCUT2D eigenvalue weighted by molar-refractivity contribution is 0.0826. The van der Waals surface area contributed by atoms with Crippen molar-refractivity contribution in [3.8, 4) is 0 Å². The summed E-state index contributed by atoms with van der Waals surface area (Å²) in [6.07, 6.45) is 0.990. The first kappa shape index (κ1) is 23.4. The van der Waals surface area contributed by atoms with Crippen LogP contribution >= 0.6 is 0 Å². The summed E-state index contributed by atoms with van der Waals surface area (Å²) < 4.78 is 32.1. The van der Waals surface area contributed by atoms with Gasteiger partial charge in [0.05, 0.1) is 11.5 Å². The maximum Gasteiger partial charge on any atom is 0.251 e. The number of nitrogens with zero attached hydrogens (tertiary/aromatic N) is 1. The van der Waals surface area contributed by atoms with Crippen LogP contribution in [-0.2, 0) is 27.7 Å². The van der Waals surface area contributed by atoms with Crippen molar-refractivity contribution in [3.05, 3.63) is 65.2 Å². The van der Waals surface area contributed by atoms with Gasteiger partial charge in [0.2, 0.25) is 10.0 Å². The van der Waals surface area contributed by atoms with Crippen LogP contribution in [0.2, 0.25) is 0 Å². The van der Waals surface area contributed by atoms with Crippen molar-refractivity contribution in [1.29, 1.82) is 0 Å². The van der Waals surface area contributed by atoms with E-state index < -0.39 is 10.0 Å². The van der Waals surface area contributed by atoms with Crippen molar-refractivity contribution < 1.29 is 17.9 Å². The van der Waals surface area contributed by atoms with Gasteiger partial charge in [-0.05, 0) is 49.6 Å². The van der Waals surface area contributed by atoms with Crippen molar-refractivity contribution in [2.75, 3.05) is 33.4 Å². The van der Waals surface area contributed by atoms with E-state index in [4.69, 9.17) is 4.74 Å². The maximum atomic E-state index is 12.7. The number of sulfonamides is 1. The predicted octanol–water partition coefficient (Wildman–Crippen LogP) is 2.18. The molecule has 0 saturated carbocycles. The highest BCUT2D eigenvalue weighted by Gasteiger charge is 2.30. The van der Waals surface area contributed by atoms with Gasteiger partial charge in [0.25, 0.3) is 5.91 Å². The normalized spacial score (nSPS) is 14.8. The molecule has 2 aromatic rings. The Balaban J connectivity index is 1.63. The second kappa shape index (κ2) is 9.91. The molecule has 1 aliphatic heterocycles. The van der Waals surface area contributed by atoms with Gasteiger partial charge in [0, 0.05) is 44.4 Å². The largest absolute Gasteiger partial charge is 0.383 e. The van der Waals surface area contributed by atoms with Crippen LogP contribution < -0.4 is 10.0 Å². The van der Waals surface area contributed by atoms with Crippen LogP contribution in [0.5, 0.6) is 0 Å². The molecule has 1 aliphatic rings. The first-order valence-corrected chi connectivity index (χ1v) is 11.9. The summed E-state index contributed by atoms with van der Waals surface area (Å²) in [5.41, 5.74) is 2.78. The van der Waals surface area contributed by atoms with Crippen LogP contribution in [0.15, 0.2) is 53.4 Å². The molecule has 1 heterocycles. The highest BCUT2D eigenvalue weighted by molar-refractivity contribution is 7.89. The molecular weight excluding hydrogens is 414 g/mol. The molecule has 2 aromatic carbocycles. The van der Waals surface area contributed by atoms with Crippen molar-refractivity contribution in [2.24, 2.45) is 0 Å². The molecule has 0 fully saturated rings. The van der Waals surface area contributed by atoms with Crippen molar-refractivity contribution in [3.63, 3.8) is 0 Å². The number of hydrogen-bond donors (Lipinski definition) is 2. The zero-order valence-electron chi connectivity index (χ0n) is 18.3.